The maximum atomic E-state index is 13.1. The molecule has 9 nitrogen and oxygen atoms in total. The van der Waals surface area contributed by atoms with Gasteiger partial charge in [0.25, 0.3) is 0 Å². The molecule has 0 spiro atoms. The summed E-state index contributed by atoms with van der Waals surface area (Å²) in [5.41, 5.74) is 4.30. The minimum absolute atomic E-state index is 0.290. The molecule has 0 saturated heterocycles. The van der Waals surface area contributed by atoms with Gasteiger partial charge in [-0.3, -0.25) is 0 Å². The maximum absolute atomic E-state index is 13.1. The lowest BCUT2D eigenvalue weighted by Gasteiger charge is -2.10. The molecule has 0 atom stereocenters. The highest BCUT2D eigenvalue weighted by Gasteiger charge is 2.19. The molecule has 0 aliphatic carbocycles. The summed E-state index contributed by atoms with van der Waals surface area (Å²) in [6.07, 6.45) is 8.41. The van der Waals surface area contributed by atoms with Crippen LogP contribution in [0.1, 0.15) is 5.56 Å². The largest absolute Gasteiger partial charge is 0.367 e. The van der Waals surface area contributed by atoms with Crippen molar-refractivity contribution in [3.05, 3.63) is 107 Å². The summed E-state index contributed by atoms with van der Waals surface area (Å²) in [6, 6.07) is 16.9. The molecular weight excluding hydrogens is 454 g/mol. The fraction of sp³-hybridized carbons (Fsp3) is 0.0417. The molecule has 0 aliphatic heterocycles. The number of hydrogen-bond acceptors (Lipinski definition) is 6. The van der Waals surface area contributed by atoms with Gasteiger partial charge >= 0.3 is 5.69 Å². The molecule has 0 fully saturated rings. The van der Waals surface area contributed by atoms with Crippen LogP contribution in [0.5, 0.6) is 0 Å². The molecule has 0 N–H and O–H groups in total. The smallest absolute Gasteiger partial charge is 0.356 e. The van der Waals surface area contributed by atoms with Crippen molar-refractivity contribution in [2.75, 3.05) is 0 Å². The Labute approximate surface area is 197 Å². The summed E-state index contributed by atoms with van der Waals surface area (Å²) in [5, 5.41) is 13.4. The Morgan fingerprint density at radius 2 is 1.74 bits per heavy atom. The van der Waals surface area contributed by atoms with E-state index in [9.17, 15) is 4.79 Å². The van der Waals surface area contributed by atoms with Gasteiger partial charge in [-0.2, -0.15) is 9.61 Å². The summed E-state index contributed by atoms with van der Waals surface area (Å²) in [6.45, 7) is 0.290. The van der Waals surface area contributed by atoms with E-state index in [0.29, 0.717) is 28.7 Å². The maximum Gasteiger partial charge on any atom is 0.367 e. The first-order valence-electron chi connectivity index (χ1n) is 10.4. The van der Waals surface area contributed by atoms with Gasteiger partial charge in [-0.1, -0.05) is 53.2 Å². The molecule has 6 rings (SSSR count). The fourth-order valence-electron chi connectivity index (χ4n) is 3.85. The van der Waals surface area contributed by atoms with Crippen LogP contribution in [0.2, 0.25) is 5.02 Å². The van der Waals surface area contributed by atoms with Gasteiger partial charge in [0, 0.05) is 34.6 Å². The van der Waals surface area contributed by atoms with Crippen LogP contribution in [0.25, 0.3) is 33.8 Å². The van der Waals surface area contributed by atoms with E-state index < -0.39 is 0 Å². The van der Waals surface area contributed by atoms with Crippen molar-refractivity contribution in [2.24, 2.45) is 0 Å². The lowest BCUT2D eigenvalue weighted by atomic mass is 10.1. The highest BCUT2D eigenvalue weighted by atomic mass is 35.5. The highest BCUT2D eigenvalue weighted by Crippen LogP contribution is 2.29. The van der Waals surface area contributed by atoms with E-state index in [4.69, 9.17) is 16.1 Å². The Hall–Kier alpha value is -4.50. The van der Waals surface area contributed by atoms with Gasteiger partial charge in [0.15, 0.2) is 5.76 Å². The molecule has 10 heteroatoms. The predicted molar refractivity (Wildman–Crippen MR) is 126 cm³/mol. The van der Waals surface area contributed by atoms with E-state index in [1.54, 1.807) is 37.2 Å². The molecule has 6 aromatic rings. The Bertz CT molecular complexity index is 1630. The monoisotopic (exact) mass is 469 g/mol. The van der Waals surface area contributed by atoms with Crippen molar-refractivity contribution in [1.29, 1.82) is 0 Å². The van der Waals surface area contributed by atoms with E-state index in [-0.39, 0.29) is 5.69 Å². The lowest BCUT2D eigenvalue weighted by Crippen LogP contribution is -2.23. The Balaban J connectivity index is 1.45. The van der Waals surface area contributed by atoms with Gasteiger partial charge in [0.05, 0.1) is 25.3 Å². The van der Waals surface area contributed by atoms with Crippen LogP contribution in [0.15, 0.2) is 95.0 Å². The second kappa shape index (κ2) is 8.13. The van der Waals surface area contributed by atoms with Crippen LogP contribution in [0, 0.1) is 0 Å². The number of fused-ring (bicyclic) bond motifs is 1. The van der Waals surface area contributed by atoms with Crippen LogP contribution in [0.4, 0.5) is 0 Å². The van der Waals surface area contributed by atoms with Gasteiger partial charge in [0.1, 0.15) is 5.69 Å². The fourth-order valence-corrected chi connectivity index (χ4v) is 3.98. The van der Waals surface area contributed by atoms with Crippen LogP contribution in [-0.4, -0.2) is 34.1 Å². The first-order chi connectivity index (χ1) is 16.7. The van der Waals surface area contributed by atoms with Crippen LogP contribution >= 0.6 is 11.6 Å². The van der Waals surface area contributed by atoms with Crippen molar-refractivity contribution < 1.29 is 4.52 Å². The summed E-state index contributed by atoms with van der Waals surface area (Å²) in [4.78, 5) is 17.3. The Kier molecular flexibility index (Phi) is 4.81. The van der Waals surface area contributed by atoms with Crippen LogP contribution in [0.3, 0.4) is 0 Å². The van der Waals surface area contributed by atoms with Gasteiger partial charge in [-0.15, -0.1) is 5.10 Å². The molecule has 0 saturated carbocycles. The van der Waals surface area contributed by atoms with Crippen molar-refractivity contribution >= 4 is 17.2 Å². The molecule has 0 bridgehead atoms. The number of halogens is 1. The summed E-state index contributed by atoms with van der Waals surface area (Å²) >= 11 is 6.07. The van der Waals surface area contributed by atoms with Crippen molar-refractivity contribution in [2.45, 2.75) is 6.54 Å². The number of hydrogen-bond donors (Lipinski definition) is 0. The molecule has 0 unspecified atom stereocenters. The number of benzene rings is 2. The number of nitrogens with zero attached hydrogens (tertiary/aromatic N) is 7. The van der Waals surface area contributed by atoms with Crippen molar-refractivity contribution in [3.63, 3.8) is 0 Å². The third-order valence-electron chi connectivity index (χ3n) is 5.51. The Morgan fingerprint density at radius 3 is 2.44 bits per heavy atom. The van der Waals surface area contributed by atoms with Gasteiger partial charge in [0.2, 0.25) is 5.65 Å². The zero-order valence-electron chi connectivity index (χ0n) is 17.6. The third-order valence-corrected chi connectivity index (χ3v) is 5.77. The zero-order chi connectivity index (χ0) is 23.1. The average molecular weight is 470 g/mol. The Morgan fingerprint density at radius 1 is 0.941 bits per heavy atom. The summed E-state index contributed by atoms with van der Waals surface area (Å²) in [5.74, 6) is 0.681. The van der Waals surface area contributed by atoms with Crippen molar-refractivity contribution in [1.82, 2.24) is 34.1 Å². The van der Waals surface area contributed by atoms with Crippen LogP contribution in [-0.2, 0) is 6.54 Å². The molecule has 4 aromatic heterocycles. The van der Waals surface area contributed by atoms with Gasteiger partial charge < -0.3 is 9.09 Å². The summed E-state index contributed by atoms with van der Waals surface area (Å²) < 4.78 is 9.72. The molecule has 2 aromatic carbocycles. The molecule has 4 heterocycles. The average Bonchev–Trinajstić information content (AvgIpc) is 3.63. The highest BCUT2D eigenvalue weighted by molar-refractivity contribution is 6.30. The standard InChI is InChI=1S/C24H16ClN7O2/c25-19-7-5-17(6-8-19)20-13-27-32-23(22(20)30-12-11-26-15-30)29-31(24(32)33)14-16-1-3-18(4-2-16)21-9-10-28-34-21/h1-13,15H,14H2. The lowest BCUT2D eigenvalue weighted by molar-refractivity contribution is 0.432. The SMILES string of the molecule is O=c1n(Cc2ccc(-c3ccno3)cc2)nc2c(-n3ccnc3)c(-c3ccc(Cl)cc3)cnn12. The van der Waals surface area contributed by atoms with Crippen molar-refractivity contribution in [3.8, 4) is 28.1 Å². The molecule has 0 aliphatic rings. The van der Waals surface area contributed by atoms with Crippen LogP contribution < -0.4 is 5.69 Å². The van der Waals surface area contributed by atoms with E-state index in [0.717, 1.165) is 22.3 Å². The van der Waals surface area contributed by atoms with Gasteiger partial charge in [-0.05, 0) is 23.3 Å². The first-order valence-corrected chi connectivity index (χ1v) is 10.8. The van der Waals surface area contributed by atoms with E-state index in [1.807, 2.05) is 53.1 Å². The van der Waals surface area contributed by atoms with Gasteiger partial charge in [-0.25, -0.2) is 14.5 Å². The predicted octanol–water partition coefficient (Wildman–Crippen LogP) is 4.10. The summed E-state index contributed by atoms with van der Waals surface area (Å²) in [7, 11) is 0. The molecular formula is C24H16ClN7O2. The second-order valence-corrected chi connectivity index (χ2v) is 8.07. The number of rotatable bonds is 5. The zero-order valence-corrected chi connectivity index (χ0v) is 18.4. The van der Waals surface area contributed by atoms with E-state index in [1.165, 1.54) is 9.20 Å². The topological polar surface area (TPSA) is 96.0 Å². The molecule has 166 valence electrons. The van der Waals surface area contributed by atoms with E-state index in [2.05, 4.69) is 20.3 Å². The first kappa shape index (κ1) is 20.1. The van der Waals surface area contributed by atoms with E-state index >= 15 is 0 Å². The molecule has 0 amide bonds. The number of imidazole rings is 1. The normalized spacial score (nSPS) is 11.3. The molecule has 0 radical (unpaired) electrons. The minimum atomic E-state index is -0.335. The quantitative estimate of drug-likeness (QED) is 0.377. The third kappa shape index (κ3) is 3.48. The second-order valence-electron chi connectivity index (χ2n) is 7.63. The number of aromatic nitrogens is 7. The molecule has 34 heavy (non-hydrogen) atoms. The minimum Gasteiger partial charge on any atom is -0.356 e.